The molecule has 0 heterocycles. The van der Waals surface area contributed by atoms with Crippen LogP contribution < -0.4 is 10.1 Å². The van der Waals surface area contributed by atoms with Gasteiger partial charge in [-0.1, -0.05) is 18.2 Å². The lowest BCUT2D eigenvalue weighted by molar-refractivity contribution is 0.0710. The first kappa shape index (κ1) is 13.4. The molecular weight excluding hydrogens is 226 g/mol. The van der Waals surface area contributed by atoms with Crippen molar-refractivity contribution < 1.29 is 9.47 Å². The van der Waals surface area contributed by atoms with Crippen molar-refractivity contribution in [3.8, 4) is 5.75 Å². The summed E-state index contributed by atoms with van der Waals surface area (Å²) >= 11 is 0. The van der Waals surface area contributed by atoms with E-state index in [9.17, 15) is 0 Å². The van der Waals surface area contributed by atoms with Crippen molar-refractivity contribution in [3.05, 3.63) is 29.3 Å². The molecule has 2 rings (SSSR count). The number of aryl methyl sites for hydroxylation is 1. The van der Waals surface area contributed by atoms with Crippen molar-refractivity contribution >= 4 is 0 Å². The summed E-state index contributed by atoms with van der Waals surface area (Å²) in [4.78, 5) is 0. The Morgan fingerprint density at radius 3 is 2.83 bits per heavy atom. The quantitative estimate of drug-likeness (QED) is 0.806. The van der Waals surface area contributed by atoms with Crippen molar-refractivity contribution in [2.24, 2.45) is 0 Å². The van der Waals surface area contributed by atoms with Crippen LogP contribution in [-0.4, -0.2) is 25.9 Å². The summed E-state index contributed by atoms with van der Waals surface area (Å²) in [5.41, 5.74) is 2.43. The second-order valence-corrected chi connectivity index (χ2v) is 5.08. The van der Waals surface area contributed by atoms with Gasteiger partial charge in [0.05, 0.1) is 6.10 Å². The van der Waals surface area contributed by atoms with Crippen LogP contribution in [0.1, 0.15) is 30.9 Å². The summed E-state index contributed by atoms with van der Waals surface area (Å²) in [6.45, 7) is 5.59. The maximum atomic E-state index is 5.91. The zero-order chi connectivity index (χ0) is 13.0. The van der Waals surface area contributed by atoms with Crippen molar-refractivity contribution in [1.29, 1.82) is 0 Å². The molecule has 1 aliphatic carbocycles. The van der Waals surface area contributed by atoms with Gasteiger partial charge in [-0.2, -0.15) is 0 Å². The first-order valence-corrected chi connectivity index (χ1v) is 6.68. The fraction of sp³-hybridized carbons (Fsp3) is 0.600. The van der Waals surface area contributed by atoms with E-state index < -0.39 is 0 Å². The number of hydrogen-bond donors (Lipinski definition) is 1. The summed E-state index contributed by atoms with van der Waals surface area (Å²) in [6.07, 6.45) is 2.74. The van der Waals surface area contributed by atoms with Crippen LogP contribution in [-0.2, 0) is 11.3 Å². The minimum atomic E-state index is 0.119. The van der Waals surface area contributed by atoms with Crippen LogP contribution in [0.25, 0.3) is 0 Å². The van der Waals surface area contributed by atoms with Gasteiger partial charge in [0.2, 0.25) is 0 Å². The van der Waals surface area contributed by atoms with Crippen LogP contribution in [0.3, 0.4) is 0 Å². The third-order valence-corrected chi connectivity index (χ3v) is 3.32. The molecule has 0 saturated heterocycles. The molecule has 1 atom stereocenters. The predicted octanol–water partition coefficient (Wildman–Crippen LogP) is 2.66. The Hall–Kier alpha value is -1.06. The van der Waals surface area contributed by atoms with E-state index in [1.165, 1.54) is 24.0 Å². The van der Waals surface area contributed by atoms with Gasteiger partial charge in [-0.05, 0) is 32.3 Å². The lowest BCUT2D eigenvalue weighted by atomic mass is 10.1. The molecule has 1 aliphatic rings. The lowest BCUT2D eigenvalue weighted by Gasteiger charge is -2.17. The highest BCUT2D eigenvalue weighted by Gasteiger charge is 2.20. The Morgan fingerprint density at radius 2 is 2.17 bits per heavy atom. The number of methoxy groups -OCH3 is 1. The molecule has 1 N–H and O–H groups in total. The van der Waals surface area contributed by atoms with Gasteiger partial charge < -0.3 is 14.8 Å². The molecule has 1 unspecified atom stereocenters. The smallest absolute Gasteiger partial charge is 0.126 e. The number of ether oxygens (including phenoxy) is 2. The monoisotopic (exact) mass is 249 g/mol. The summed E-state index contributed by atoms with van der Waals surface area (Å²) in [7, 11) is 1.71. The average Bonchev–Trinajstić information content (AvgIpc) is 3.18. The topological polar surface area (TPSA) is 30.5 Å². The number of benzene rings is 1. The molecule has 0 spiro atoms. The van der Waals surface area contributed by atoms with Gasteiger partial charge in [-0.15, -0.1) is 0 Å². The minimum Gasteiger partial charge on any atom is -0.490 e. The van der Waals surface area contributed by atoms with E-state index in [0.29, 0.717) is 6.61 Å². The largest absolute Gasteiger partial charge is 0.490 e. The number of para-hydroxylation sites is 1. The van der Waals surface area contributed by atoms with E-state index >= 15 is 0 Å². The molecule has 0 aromatic heterocycles. The highest BCUT2D eigenvalue weighted by Crippen LogP contribution is 2.25. The molecule has 1 aromatic rings. The van der Waals surface area contributed by atoms with Gasteiger partial charge in [-0.3, -0.25) is 0 Å². The third-order valence-electron chi connectivity index (χ3n) is 3.32. The van der Waals surface area contributed by atoms with Crippen molar-refractivity contribution in [2.75, 3.05) is 13.7 Å². The standard InChI is InChI=1S/C15H23NO2/c1-11-5-4-6-13(9-16-14-7-8-14)15(11)18-10-12(2)17-3/h4-6,12,14,16H,7-10H2,1-3H3. The highest BCUT2D eigenvalue weighted by molar-refractivity contribution is 5.40. The van der Waals surface area contributed by atoms with E-state index in [4.69, 9.17) is 9.47 Å². The minimum absolute atomic E-state index is 0.119. The van der Waals surface area contributed by atoms with Crippen LogP contribution in [0, 0.1) is 6.92 Å². The molecule has 0 aliphatic heterocycles. The summed E-state index contributed by atoms with van der Waals surface area (Å²) in [6, 6.07) is 7.03. The molecule has 0 bridgehead atoms. The average molecular weight is 249 g/mol. The Labute approximate surface area is 109 Å². The van der Waals surface area contributed by atoms with Crippen LogP contribution in [0.4, 0.5) is 0 Å². The van der Waals surface area contributed by atoms with Crippen molar-refractivity contribution in [1.82, 2.24) is 5.32 Å². The molecule has 1 aromatic carbocycles. The molecule has 18 heavy (non-hydrogen) atoms. The maximum Gasteiger partial charge on any atom is 0.126 e. The molecular formula is C15H23NO2. The van der Waals surface area contributed by atoms with Crippen LogP contribution in [0.5, 0.6) is 5.75 Å². The Balaban J connectivity index is 1.99. The summed E-state index contributed by atoms with van der Waals surface area (Å²) < 4.78 is 11.1. The predicted molar refractivity (Wildman–Crippen MR) is 73.0 cm³/mol. The zero-order valence-electron chi connectivity index (χ0n) is 11.5. The molecule has 100 valence electrons. The lowest BCUT2D eigenvalue weighted by Crippen LogP contribution is -2.19. The van der Waals surface area contributed by atoms with Gasteiger partial charge in [0.1, 0.15) is 12.4 Å². The maximum absolute atomic E-state index is 5.91. The zero-order valence-corrected chi connectivity index (χ0v) is 11.5. The number of rotatable bonds is 7. The van der Waals surface area contributed by atoms with E-state index in [2.05, 4.69) is 30.4 Å². The first-order valence-electron chi connectivity index (χ1n) is 6.68. The fourth-order valence-electron chi connectivity index (χ4n) is 1.87. The van der Waals surface area contributed by atoms with Crippen molar-refractivity contribution in [3.63, 3.8) is 0 Å². The van der Waals surface area contributed by atoms with Gasteiger partial charge >= 0.3 is 0 Å². The third kappa shape index (κ3) is 3.72. The second-order valence-electron chi connectivity index (χ2n) is 5.08. The molecule has 1 fully saturated rings. The van der Waals surface area contributed by atoms with Crippen LogP contribution >= 0.6 is 0 Å². The van der Waals surface area contributed by atoms with Gasteiger partial charge in [0.25, 0.3) is 0 Å². The van der Waals surface area contributed by atoms with Gasteiger partial charge in [-0.25, -0.2) is 0 Å². The molecule has 0 radical (unpaired) electrons. The van der Waals surface area contributed by atoms with E-state index in [0.717, 1.165) is 18.3 Å². The van der Waals surface area contributed by atoms with E-state index in [1.807, 2.05) is 6.92 Å². The highest BCUT2D eigenvalue weighted by atomic mass is 16.5. The normalized spacial score (nSPS) is 16.6. The Morgan fingerprint density at radius 1 is 1.39 bits per heavy atom. The molecule has 3 heteroatoms. The van der Waals surface area contributed by atoms with Crippen LogP contribution in [0.15, 0.2) is 18.2 Å². The van der Waals surface area contributed by atoms with Gasteiger partial charge in [0, 0.05) is 25.3 Å². The van der Waals surface area contributed by atoms with Crippen LogP contribution in [0.2, 0.25) is 0 Å². The number of nitrogens with one attached hydrogen (secondary N) is 1. The Kier molecular flexibility index (Phi) is 4.61. The summed E-state index contributed by atoms with van der Waals surface area (Å²) in [5.74, 6) is 1.01. The number of hydrogen-bond acceptors (Lipinski definition) is 3. The molecule has 3 nitrogen and oxygen atoms in total. The first-order chi connectivity index (χ1) is 8.70. The fourth-order valence-corrected chi connectivity index (χ4v) is 1.87. The summed E-state index contributed by atoms with van der Waals surface area (Å²) in [5, 5.41) is 3.53. The second kappa shape index (κ2) is 6.21. The van der Waals surface area contributed by atoms with E-state index in [1.54, 1.807) is 7.11 Å². The molecule has 0 amide bonds. The van der Waals surface area contributed by atoms with Crippen molar-refractivity contribution in [2.45, 2.75) is 45.4 Å². The molecule has 1 saturated carbocycles. The SMILES string of the molecule is COC(C)COc1c(C)cccc1CNC1CC1. The van der Waals surface area contributed by atoms with E-state index in [-0.39, 0.29) is 6.10 Å². The van der Waals surface area contributed by atoms with Gasteiger partial charge in [0.15, 0.2) is 0 Å². The Bertz CT molecular complexity index is 388.